The maximum atomic E-state index is 11.6. The molecule has 148 valence electrons. The molecule has 0 saturated carbocycles. The van der Waals surface area contributed by atoms with E-state index in [2.05, 4.69) is 47.8 Å². The van der Waals surface area contributed by atoms with Crippen molar-refractivity contribution in [3.05, 3.63) is 51.9 Å². The summed E-state index contributed by atoms with van der Waals surface area (Å²) in [5, 5.41) is 1.93. The van der Waals surface area contributed by atoms with Crippen LogP contribution in [0.15, 0.2) is 40.2 Å². The number of benzene rings is 1. The number of halogens is 1. The molecule has 6 nitrogen and oxygen atoms in total. The molecule has 1 amide bonds. The molecule has 2 aromatic heterocycles. The fourth-order valence-corrected chi connectivity index (χ4v) is 4.00. The van der Waals surface area contributed by atoms with E-state index in [0.29, 0.717) is 6.54 Å². The molecule has 28 heavy (non-hydrogen) atoms. The molecule has 0 aliphatic carbocycles. The number of thioether (sulfide) groups is 1. The number of rotatable bonds is 4. The number of aromatic amines is 1. The van der Waals surface area contributed by atoms with Crippen LogP contribution in [0.25, 0.3) is 10.9 Å². The lowest BCUT2D eigenvalue weighted by molar-refractivity contribution is -0.120. The van der Waals surface area contributed by atoms with Gasteiger partial charge in [0.15, 0.2) is 5.16 Å². The zero-order chi connectivity index (χ0) is 20.1. The Morgan fingerprint density at radius 3 is 2.71 bits per heavy atom. The Morgan fingerprint density at radius 1 is 1.39 bits per heavy atom. The second kappa shape index (κ2) is 9.54. The van der Waals surface area contributed by atoms with E-state index >= 15 is 0 Å². The monoisotopic (exact) mass is 462 g/mol. The summed E-state index contributed by atoms with van der Waals surface area (Å²) in [4.78, 5) is 25.7. The molecule has 0 bridgehead atoms. The van der Waals surface area contributed by atoms with E-state index in [1.165, 1.54) is 22.7 Å². The lowest BCUT2D eigenvalue weighted by atomic mass is 9.94. The molecule has 0 saturated heterocycles. The summed E-state index contributed by atoms with van der Waals surface area (Å²) in [7, 11) is 1.68. The average Bonchev–Trinajstić information content (AvgIpc) is 3.11. The molecule has 1 unspecified atom stereocenters. The first kappa shape index (κ1) is 20.8. The summed E-state index contributed by atoms with van der Waals surface area (Å²) in [5.74, 6) is 0. The van der Waals surface area contributed by atoms with Gasteiger partial charge in [-0.05, 0) is 43.4 Å². The maximum Gasteiger partial charge on any atom is 0.210 e. The molecule has 1 aromatic carbocycles. The number of carbonyl (C=O) groups excluding carboxylic acids is 1. The molecule has 3 aromatic rings. The Morgan fingerprint density at radius 2 is 2.11 bits per heavy atom. The summed E-state index contributed by atoms with van der Waals surface area (Å²) < 4.78 is 5.60. The van der Waals surface area contributed by atoms with Crippen LogP contribution >= 0.6 is 27.7 Å². The molecule has 1 atom stereocenters. The molecule has 3 heterocycles. The standard InChI is InChI=1S/C17H15BrN4OS.C3H8O/c1-24-17-19-7-10(8-20-17)16-15-12(4-5-22(16)9-23)13-6-11(18)2-3-14(13)21-15;1-3-4-2/h2-3,6-9,16,21H,4-5H2,1H3;3H2,1-2H3. The van der Waals surface area contributed by atoms with Gasteiger partial charge in [0.25, 0.3) is 0 Å². The van der Waals surface area contributed by atoms with E-state index in [9.17, 15) is 4.79 Å². The summed E-state index contributed by atoms with van der Waals surface area (Å²) in [5.41, 5.74) is 4.33. The number of methoxy groups -OCH3 is 1. The van der Waals surface area contributed by atoms with Crippen molar-refractivity contribution in [2.24, 2.45) is 0 Å². The first-order chi connectivity index (χ1) is 13.6. The zero-order valence-electron chi connectivity index (χ0n) is 16.1. The maximum absolute atomic E-state index is 11.6. The van der Waals surface area contributed by atoms with E-state index in [1.807, 2.05) is 36.5 Å². The lowest BCUT2D eigenvalue weighted by Gasteiger charge is -2.32. The van der Waals surface area contributed by atoms with Gasteiger partial charge in [-0.25, -0.2) is 9.97 Å². The number of amides is 1. The number of fused-ring (bicyclic) bond motifs is 3. The van der Waals surface area contributed by atoms with Gasteiger partial charge in [-0.3, -0.25) is 4.79 Å². The van der Waals surface area contributed by atoms with Crippen molar-refractivity contribution < 1.29 is 9.53 Å². The minimum absolute atomic E-state index is 0.173. The average molecular weight is 463 g/mol. The van der Waals surface area contributed by atoms with E-state index in [-0.39, 0.29) is 6.04 Å². The second-order valence-corrected chi connectivity index (χ2v) is 7.97. The van der Waals surface area contributed by atoms with Crippen LogP contribution in [0.1, 0.15) is 29.8 Å². The SMILES string of the molecule is CCOC.CSc1ncc(C2c3[nH]c4ccc(Br)cc4c3CCN2C=O)cn1. The van der Waals surface area contributed by atoms with Crippen LogP contribution in [0, 0.1) is 0 Å². The van der Waals surface area contributed by atoms with Crippen LogP contribution in [0.3, 0.4) is 0 Å². The predicted octanol–water partition coefficient (Wildman–Crippen LogP) is 4.20. The van der Waals surface area contributed by atoms with Crippen LogP contribution < -0.4 is 0 Å². The van der Waals surface area contributed by atoms with Crippen molar-refractivity contribution in [2.75, 3.05) is 26.5 Å². The van der Waals surface area contributed by atoms with Gasteiger partial charge in [0.1, 0.15) is 6.04 Å². The Kier molecular flexibility index (Phi) is 7.09. The summed E-state index contributed by atoms with van der Waals surface area (Å²) in [6.07, 6.45) is 7.33. The molecule has 0 radical (unpaired) electrons. The van der Waals surface area contributed by atoms with Crippen molar-refractivity contribution in [1.29, 1.82) is 0 Å². The number of aromatic nitrogens is 3. The van der Waals surface area contributed by atoms with Gasteiger partial charge in [-0.1, -0.05) is 27.7 Å². The topological polar surface area (TPSA) is 71.1 Å². The summed E-state index contributed by atoms with van der Waals surface area (Å²) >= 11 is 5.05. The van der Waals surface area contributed by atoms with E-state index < -0.39 is 0 Å². The Labute approximate surface area is 177 Å². The normalized spacial score (nSPS) is 15.7. The minimum Gasteiger partial charge on any atom is -0.385 e. The van der Waals surface area contributed by atoms with Crippen LogP contribution in [0.5, 0.6) is 0 Å². The molecule has 4 rings (SSSR count). The Balaban J connectivity index is 0.000000516. The highest BCUT2D eigenvalue weighted by atomic mass is 79.9. The molecule has 8 heteroatoms. The molecule has 0 fully saturated rings. The first-order valence-electron chi connectivity index (χ1n) is 8.98. The number of carbonyl (C=O) groups is 1. The van der Waals surface area contributed by atoms with Crippen molar-refractivity contribution in [3.8, 4) is 0 Å². The number of hydrogen-bond donors (Lipinski definition) is 1. The quantitative estimate of drug-likeness (QED) is 0.357. The van der Waals surface area contributed by atoms with Gasteiger partial charge < -0.3 is 14.6 Å². The lowest BCUT2D eigenvalue weighted by Crippen LogP contribution is -2.35. The number of H-pyrrole nitrogens is 1. The van der Waals surface area contributed by atoms with Gasteiger partial charge in [0, 0.05) is 59.3 Å². The highest BCUT2D eigenvalue weighted by Gasteiger charge is 2.31. The third kappa shape index (κ3) is 4.24. The fraction of sp³-hybridized carbons (Fsp3) is 0.350. The van der Waals surface area contributed by atoms with Gasteiger partial charge >= 0.3 is 0 Å². The fourth-order valence-electron chi connectivity index (χ4n) is 3.32. The second-order valence-electron chi connectivity index (χ2n) is 6.28. The molecule has 0 spiro atoms. The largest absolute Gasteiger partial charge is 0.385 e. The van der Waals surface area contributed by atoms with Gasteiger partial charge in [-0.2, -0.15) is 0 Å². The molecule has 1 aliphatic rings. The van der Waals surface area contributed by atoms with Gasteiger partial charge in [-0.15, -0.1) is 0 Å². The predicted molar refractivity (Wildman–Crippen MR) is 116 cm³/mol. The van der Waals surface area contributed by atoms with E-state index in [0.717, 1.165) is 45.8 Å². The van der Waals surface area contributed by atoms with Crippen molar-refractivity contribution >= 4 is 45.0 Å². The molecular weight excluding hydrogens is 440 g/mol. The van der Waals surface area contributed by atoms with Crippen molar-refractivity contribution in [1.82, 2.24) is 19.9 Å². The summed E-state index contributed by atoms with van der Waals surface area (Å²) in [6.45, 7) is 3.46. The number of nitrogens with zero attached hydrogens (tertiary/aromatic N) is 3. The van der Waals surface area contributed by atoms with Gasteiger partial charge in [0.05, 0.1) is 0 Å². The first-order valence-corrected chi connectivity index (χ1v) is 11.0. The van der Waals surface area contributed by atoms with Crippen LogP contribution in [-0.2, 0) is 16.0 Å². The number of hydrogen-bond acceptors (Lipinski definition) is 5. The van der Waals surface area contributed by atoms with E-state index in [1.54, 1.807) is 7.11 Å². The van der Waals surface area contributed by atoms with Crippen LogP contribution in [0.2, 0.25) is 0 Å². The highest BCUT2D eigenvalue weighted by molar-refractivity contribution is 9.10. The zero-order valence-corrected chi connectivity index (χ0v) is 18.5. The van der Waals surface area contributed by atoms with Gasteiger partial charge in [0.2, 0.25) is 6.41 Å². The van der Waals surface area contributed by atoms with Crippen molar-refractivity contribution in [3.63, 3.8) is 0 Å². The number of nitrogens with one attached hydrogen (secondary N) is 1. The van der Waals surface area contributed by atoms with Crippen molar-refractivity contribution in [2.45, 2.75) is 24.5 Å². The third-order valence-electron chi connectivity index (χ3n) is 4.70. The Hall–Kier alpha value is -1.90. The summed E-state index contributed by atoms with van der Waals surface area (Å²) in [6, 6.07) is 6.04. The van der Waals surface area contributed by atoms with Crippen LogP contribution in [-0.4, -0.2) is 52.8 Å². The smallest absolute Gasteiger partial charge is 0.210 e. The Bertz CT molecular complexity index is 943. The van der Waals surface area contributed by atoms with E-state index in [4.69, 9.17) is 0 Å². The molecule has 1 N–H and O–H groups in total. The highest BCUT2D eigenvalue weighted by Crippen LogP contribution is 2.38. The van der Waals surface area contributed by atoms with Crippen LogP contribution in [0.4, 0.5) is 0 Å². The number of ether oxygens (including phenoxy) is 1. The minimum atomic E-state index is -0.173. The molecular formula is C20H23BrN4O2S. The molecule has 1 aliphatic heterocycles. The third-order valence-corrected chi connectivity index (χ3v) is 5.77.